The van der Waals surface area contributed by atoms with Crippen LogP contribution in [0.1, 0.15) is 29.8 Å². The molecule has 1 aliphatic heterocycles. The van der Waals surface area contributed by atoms with E-state index in [1.54, 1.807) is 25.1 Å². The molecule has 10 heteroatoms. The van der Waals surface area contributed by atoms with Crippen molar-refractivity contribution in [2.24, 2.45) is 0 Å². The van der Waals surface area contributed by atoms with Crippen molar-refractivity contribution < 1.29 is 13.2 Å². The Kier molecular flexibility index (Phi) is 6.51. The molecule has 0 bridgehead atoms. The van der Waals surface area contributed by atoms with Crippen molar-refractivity contribution in [2.45, 2.75) is 42.3 Å². The van der Waals surface area contributed by atoms with Crippen LogP contribution < -0.4 is 5.32 Å². The van der Waals surface area contributed by atoms with Gasteiger partial charge in [0.05, 0.1) is 10.6 Å². The van der Waals surface area contributed by atoms with Gasteiger partial charge in [-0.2, -0.15) is 4.31 Å². The highest BCUT2D eigenvalue weighted by molar-refractivity contribution is 8.01. The minimum Gasteiger partial charge on any atom is -0.325 e. The Morgan fingerprint density at radius 1 is 1.22 bits per heavy atom. The van der Waals surface area contributed by atoms with Crippen molar-refractivity contribution in [3.63, 3.8) is 0 Å². The molecule has 1 aromatic heterocycles. The number of sulfonamides is 1. The third-order valence-electron chi connectivity index (χ3n) is 4.24. The molecular formula is C17H22N4O3S3. The Labute approximate surface area is 167 Å². The summed E-state index contributed by atoms with van der Waals surface area (Å²) in [5.74, 6) is -0.0190. The Morgan fingerprint density at radius 2 is 1.96 bits per heavy atom. The second-order valence-electron chi connectivity index (χ2n) is 6.37. The number of benzene rings is 1. The predicted octanol–water partition coefficient (Wildman–Crippen LogP) is 3.06. The van der Waals surface area contributed by atoms with Gasteiger partial charge < -0.3 is 5.32 Å². The number of nitrogens with one attached hydrogen (secondary N) is 1. The zero-order valence-corrected chi connectivity index (χ0v) is 17.7. The smallest absolute Gasteiger partial charge is 0.243 e. The van der Waals surface area contributed by atoms with Gasteiger partial charge in [-0.25, -0.2) is 8.42 Å². The monoisotopic (exact) mass is 426 g/mol. The van der Waals surface area contributed by atoms with Gasteiger partial charge in [-0.1, -0.05) is 35.6 Å². The van der Waals surface area contributed by atoms with E-state index in [9.17, 15) is 13.2 Å². The van der Waals surface area contributed by atoms with Crippen LogP contribution in [0.25, 0.3) is 0 Å². The molecule has 1 aliphatic rings. The first-order valence-electron chi connectivity index (χ1n) is 8.70. The molecule has 1 N–H and O–H groups in total. The maximum atomic E-state index is 13.0. The molecule has 3 rings (SSSR count). The van der Waals surface area contributed by atoms with E-state index < -0.39 is 10.0 Å². The number of carbonyl (C=O) groups is 1. The summed E-state index contributed by atoms with van der Waals surface area (Å²) in [5.41, 5.74) is 1.16. The molecule has 0 aliphatic carbocycles. The van der Waals surface area contributed by atoms with Crippen LogP contribution in [-0.2, 0) is 14.8 Å². The lowest BCUT2D eigenvalue weighted by molar-refractivity contribution is -0.113. The van der Waals surface area contributed by atoms with Crippen LogP contribution in [0.4, 0.5) is 5.69 Å². The summed E-state index contributed by atoms with van der Waals surface area (Å²) in [6, 6.07) is 5.01. The maximum absolute atomic E-state index is 13.0. The number of thioether (sulfide) groups is 1. The number of rotatable bonds is 6. The van der Waals surface area contributed by atoms with E-state index in [0.29, 0.717) is 24.3 Å². The first-order chi connectivity index (χ1) is 12.9. The van der Waals surface area contributed by atoms with E-state index in [-0.39, 0.29) is 16.6 Å². The molecule has 1 fully saturated rings. The van der Waals surface area contributed by atoms with Crippen LogP contribution >= 0.6 is 23.1 Å². The second kappa shape index (κ2) is 8.68. The molecule has 1 saturated heterocycles. The third kappa shape index (κ3) is 5.07. The number of piperidine rings is 1. The number of hydrogen-bond donors (Lipinski definition) is 1. The summed E-state index contributed by atoms with van der Waals surface area (Å²) in [7, 11) is -3.54. The summed E-state index contributed by atoms with van der Waals surface area (Å²) in [4.78, 5) is 12.5. The minimum atomic E-state index is -3.54. The normalized spacial score (nSPS) is 15.6. The lowest BCUT2D eigenvalue weighted by Gasteiger charge is -2.26. The number of aromatic nitrogens is 2. The molecular weight excluding hydrogens is 404 g/mol. The number of amides is 1. The Morgan fingerprint density at radius 3 is 2.63 bits per heavy atom. The SMILES string of the molecule is Cc1nnc(SCC(=O)Nc2ccc(C)c(S(=O)(=O)N3CCCCC3)c2)s1. The van der Waals surface area contributed by atoms with Crippen LogP contribution in [0, 0.1) is 13.8 Å². The first-order valence-corrected chi connectivity index (χ1v) is 11.9. The van der Waals surface area contributed by atoms with Gasteiger partial charge in [-0.15, -0.1) is 10.2 Å². The molecule has 146 valence electrons. The van der Waals surface area contributed by atoms with Gasteiger partial charge >= 0.3 is 0 Å². The van der Waals surface area contributed by atoms with Crippen molar-refractivity contribution in [1.29, 1.82) is 0 Å². The summed E-state index contributed by atoms with van der Waals surface area (Å²) in [6.07, 6.45) is 2.83. The van der Waals surface area contributed by atoms with E-state index >= 15 is 0 Å². The van der Waals surface area contributed by atoms with E-state index in [2.05, 4.69) is 15.5 Å². The largest absolute Gasteiger partial charge is 0.325 e. The van der Waals surface area contributed by atoms with E-state index in [4.69, 9.17) is 0 Å². The highest BCUT2D eigenvalue weighted by atomic mass is 32.2. The van der Waals surface area contributed by atoms with Crippen molar-refractivity contribution in [3.05, 3.63) is 28.8 Å². The summed E-state index contributed by atoms with van der Waals surface area (Å²) in [5, 5.41) is 11.5. The quantitative estimate of drug-likeness (QED) is 0.714. The standard InChI is InChI=1S/C17H22N4O3S3/c1-12-6-7-14(18-16(22)11-25-17-20-19-13(2)26-17)10-15(12)27(23,24)21-8-4-3-5-9-21/h6-7,10H,3-5,8-9,11H2,1-2H3,(H,18,22). The van der Waals surface area contributed by atoms with E-state index in [0.717, 1.165) is 28.6 Å². The molecule has 0 atom stereocenters. The average Bonchev–Trinajstić information content (AvgIpc) is 3.07. The lowest BCUT2D eigenvalue weighted by Crippen LogP contribution is -2.36. The van der Waals surface area contributed by atoms with Crippen molar-refractivity contribution in [3.8, 4) is 0 Å². The molecule has 0 spiro atoms. The van der Waals surface area contributed by atoms with Crippen LogP contribution in [0.3, 0.4) is 0 Å². The fourth-order valence-electron chi connectivity index (χ4n) is 2.86. The Balaban J connectivity index is 1.69. The molecule has 2 heterocycles. The van der Waals surface area contributed by atoms with Crippen molar-refractivity contribution >= 4 is 44.7 Å². The van der Waals surface area contributed by atoms with Crippen LogP contribution in [0.5, 0.6) is 0 Å². The second-order valence-corrected chi connectivity index (χ2v) is 10.7. The average molecular weight is 427 g/mol. The number of anilines is 1. The lowest BCUT2D eigenvalue weighted by atomic mass is 10.2. The zero-order chi connectivity index (χ0) is 19.4. The van der Waals surface area contributed by atoms with Crippen molar-refractivity contribution in [1.82, 2.24) is 14.5 Å². The molecule has 0 saturated carbocycles. The number of hydrogen-bond acceptors (Lipinski definition) is 7. The summed E-state index contributed by atoms with van der Waals surface area (Å²) in [6.45, 7) is 4.74. The molecule has 27 heavy (non-hydrogen) atoms. The first kappa shape index (κ1) is 20.2. The maximum Gasteiger partial charge on any atom is 0.243 e. The Bertz CT molecular complexity index is 921. The van der Waals surface area contributed by atoms with Gasteiger partial charge in [0.2, 0.25) is 15.9 Å². The number of aryl methyl sites for hydroxylation is 2. The van der Waals surface area contributed by atoms with E-state index in [1.807, 2.05) is 6.92 Å². The molecule has 0 unspecified atom stereocenters. The van der Waals surface area contributed by atoms with Gasteiger partial charge in [-0.05, 0) is 44.4 Å². The molecule has 2 aromatic rings. The van der Waals surface area contributed by atoms with Crippen LogP contribution in [0.15, 0.2) is 27.4 Å². The van der Waals surface area contributed by atoms with Gasteiger partial charge in [-0.3, -0.25) is 4.79 Å². The minimum absolute atomic E-state index is 0.191. The van der Waals surface area contributed by atoms with Gasteiger partial charge in [0.25, 0.3) is 0 Å². The van der Waals surface area contributed by atoms with Crippen molar-refractivity contribution in [2.75, 3.05) is 24.2 Å². The fraction of sp³-hybridized carbons (Fsp3) is 0.471. The number of nitrogens with zero attached hydrogens (tertiary/aromatic N) is 3. The van der Waals surface area contributed by atoms with Gasteiger partial charge in [0.1, 0.15) is 5.01 Å². The molecule has 1 aromatic carbocycles. The highest BCUT2D eigenvalue weighted by Gasteiger charge is 2.27. The summed E-state index contributed by atoms with van der Waals surface area (Å²) < 4.78 is 28.2. The van der Waals surface area contributed by atoms with Gasteiger partial charge in [0, 0.05) is 18.8 Å². The highest BCUT2D eigenvalue weighted by Crippen LogP contribution is 2.26. The number of carbonyl (C=O) groups excluding carboxylic acids is 1. The van der Waals surface area contributed by atoms with E-state index in [1.165, 1.54) is 27.4 Å². The topological polar surface area (TPSA) is 92.3 Å². The molecule has 0 radical (unpaired) electrons. The van der Waals surface area contributed by atoms with Crippen LogP contribution in [-0.4, -0.2) is 47.7 Å². The zero-order valence-electron chi connectivity index (χ0n) is 15.3. The third-order valence-corrected chi connectivity index (χ3v) is 8.25. The Hall–Kier alpha value is -1.49. The predicted molar refractivity (Wildman–Crippen MR) is 108 cm³/mol. The summed E-state index contributed by atoms with van der Waals surface area (Å²) >= 11 is 2.75. The fourth-order valence-corrected chi connectivity index (χ4v) is 6.24. The van der Waals surface area contributed by atoms with Crippen LogP contribution in [0.2, 0.25) is 0 Å². The van der Waals surface area contributed by atoms with Gasteiger partial charge in [0.15, 0.2) is 4.34 Å². The molecule has 1 amide bonds. The molecule has 7 nitrogen and oxygen atoms in total.